The molecule has 1 aromatic heterocycles. The van der Waals surface area contributed by atoms with Crippen LogP contribution in [-0.2, 0) is 4.79 Å². The van der Waals surface area contributed by atoms with Gasteiger partial charge in [0.05, 0.1) is 5.52 Å². The molecule has 2 aromatic rings. The van der Waals surface area contributed by atoms with Crippen LogP contribution in [0.25, 0.3) is 10.9 Å². The molecule has 0 radical (unpaired) electrons. The van der Waals surface area contributed by atoms with Gasteiger partial charge in [-0.15, -0.1) is 0 Å². The molecule has 7 nitrogen and oxygen atoms in total. The fourth-order valence-corrected chi connectivity index (χ4v) is 2.39. The topological polar surface area (TPSA) is 104 Å². The van der Waals surface area contributed by atoms with Gasteiger partial charge < -0.3 is 16.0 Å². The van der Waals surface area contributed by atoms with Gasteiger partial charge in [0.25, 0.3) is 5.91 Å². The Bertz CT molecular complexity index is 693. The maximum absolute atomic E-state index is 12.6. The fraction of sp³-hybridized carbons (Fsp3) is 0.308. The van der Waals surface area contributed by atoms with E-state index in [0.29, 0.717) is 29.9 Å². The number of rotatable bonds is 1. The molecule has 1 atom stereocenters. The van der Waals surface area contributed by atoms with Gasteiger partial charge in [-0.1, -0.05) is 0 Å². The zero-order valence-electron chi connectivity index (χ0n) is 11.0. The van der Waals surface area contributed by atoms with Gasteiger partial charge in [0, 0.05) is 24.2 Å². The molecule has 1 fully saturated rings. The second-order valence-corrected chi connectivity index (χ2v) is 4.84. The van der Waals surface area contributed by atoms with Crippen molar-refractivity contribution in [1.82, 2.24) is 20.4 Å². The molecule has 4 N–H and O–H groups in total. The van der Waals surface area contributed by atoms with Crippen molar-refractivity contribution in [1.29, 1.82) is 0 Å². The molecule has 1 unspecified atom stereocenters. The van der Waals surface area contributed by atoms with Crippen LogP contribution in [0.15, 0.2) is 18.2 Å². The maximum atomic E-state index is 12.6. The van der Waals surface area contributed by atoms with Crippen LogP contribution in [-0.4, -0.2) is 46.0 Å². The molecule has 1 saturated heterocycles. The number of carbonyl (C=O) groups is 2. The molecule has 20 heavy (non-hydrogen) atoms. The Kier molecular flexibility index (Phi) is 2.81. The number of benzene rings is 1. The predicted molar refractivity (Wildman–Crippen MR) is 74.0 cm³/mol. The summed E-state index contributed by atoms with van der Waals surface area (Å²) in [6, 6.07) is 4.73. The number of amides is 2. The van der Waals surface area contributed by atoms with E-state index in [1.165, 1.54) is 4.90 Å². The van der Waals surface area contributed by atoms with Gasteiger partial charge in [-0.05, 0) is 25.1 Å². The number of aromatic amines is 1. The summed E-state index contributed by atoms with van der Waals surface area (Å²) in [7, 11) is 0. The summed E-state index contributed by atoms with van der Waals surface area (Å²) in [5.74, 6) is -0.409. The Labute approximate surface area is 115 Å². The number of nitrogens with one attached hydrogen (secondary N) is 2. The van der Waals surface area contributed by atoms with Crippen LogP contribution in [0.2, 0.25) is 0 Å². The van der Waals surface area contributed by atoms with Crippen LogP contribution in [0.4, 0.5) is 5.69 Å². The van der Waals surface area contributed by atoms with Gasteiger partial charge in [-0.2, -0.15) is 5.10 Å². The molecular formula is C13H15N5O2. The van der Waals surface area contributed by atoms with Gasteiger partial charge in [-0.3, -0.25) is 14.7 Å². The highest BCUT2D eigenvalue weighted by molar-refractivity contribution is 6.06. The highest BCUT2D eigenvalue weighted by Gasteiger charge is 2.31. The second kappa shape index (κ2) is 4.52. The summed E-state index contributed by atoms with van der Waals surface area (Å²) in [5.41, 5.74) is 7.36. The number of carbonyl (C=O) groups excluding carboxylic acids is 2. The van der Waals surface area contributed by atoms with Crippen LogP contribution < -0.4 is 11.1 Å². The number of nitrogens with zero attached hydrogens (tertiary/aromatic N) is 2. The van der Waals surface area contributed by atoms with Crippen molar-refractivity contribution in [3.63, 3.8) is 0 Å². The lowest BCUT2D eigenvalue weighted by Crippen LogP contribution is -2.55. The van der Waals surface area contributed by atoms with Crippen molar-refractivity contribution in [2.75, 3.05) is 18.8 Å². The van der Waals surface area contributed by atoms with E-state index in [2.05, 4.69) is 15.5 Å². The molecule has 0 spiro atoms. The van der Waals surface area contributed by atoms with E-state index in [4.69, 9.17) is 5.73 Å². The lowest BCUT2D eigenvalue weighted by Gasteiger charge is -2.32. The number of anilines is 1. The summed E-state index contributed by atoms with van der Waals surface area (Å²) in [6.07, 6.45) is 0. The van der Waals surface area contributed by atoms with E-state index in [1.54, 1.807) is 25.1 Å². The summed E-state index contributed by atoms with van der Waals surface area (Å²) in [5, 5.41) is 10.3. The molecule has 3 rings (SSSR count). The average molecular weight is 273 g/mol. The van der Waals surface area contributed by atoms with Crippen LogP contribution in [0, 0.1) is 0 Å². The molecule has 0 aliphatic carbocycles. The number of hydrogen-bond acceptors (Lipinski definition) is 4. The Hall–Kier alpha value is -2.57. The molecule has 2 amide bonds. The smallest absolute Gasteiger partial charge is 0.275 e. The number of nitrogens with two attached hydrogens (primary N) is 1. The Morgan fingerprint density at radius 2 is 2.30 bits per heavy atom. The molecule has 7 heteroatoms. The highest BCUT2D eigenvalue weighted by Crippen LogP contribution is 2.21. The molecule has 1 aliphatic heterocycles. The first-order chi connectivity index (χ1) is 9.58. The molecular weight excluding hydrogens is 258 g/mol. The molecule has 0 bridgehead atoms. The number of piperazine rings is 1. The molecule has 1 aliphatic rings. The third-order valence-electron chi connectivity index (χ3n) is 3.55. The Balaban J connectivity index is 2.00. The van der Waals surface area contributed by atoms with Gasteiger partial charge in [0.2, 0.25) is 5.91 Å². The van der Waals surface area contributed by atoms with E-state index >= 15 is 0 Å². The summed E-state index contributed by atoms with van der Waals surface area (Å²) in [4.78, 5) is 25.7. The molecule has 0 saturated carbocycles. The van der Waals surface area contributed by atoms with Crippen molar-refractivity contribution in [3.05, 3.63) is 23.9 Å². The quantitative estimate of drug-likeness (QED) is 0.641. The fourth-order valence-electron chi connectivity index (χ4n) is 2.39. The first-order valence-corrected chi connectivity index (χ1v) is 6.40. The van der Waals surface area contributed by atoms with Gasteiger partial charge in [0.15, 0.2) is 5.69 Å². The zero-order chi connectivity index (χ0) is 14.3. The van der Waals surface area contributed by atoms with Crippen molar-refractivity contribution < 1.29 is 9.59 Å². The van der Waals surface area contributed by atoms with E-state index in [-0.39, 0.29) is 11.8 Å². The highest BCUT2D eigenvalue weighted by atomic mass is 16.2. The van der Waals surface area contributed by atoms with E-state index < -0.39 is 6.04 Å². The summed E-state index contributed by atoms with van der Waals surface area (Å²) >= 11 is 0. The van der Waals surface area contributed by atoms with Gasteiger partial charge >= 0.3 is 0 Å². The van der Waals surface area contributed by atoms with Gasteiger partial charge in [-0.25, -0.2) is 0 Å². The lowest BCUT2D eigenvalue weighted by atomic mass is 10.1. The number of H-pyrrole nitrogens is 1. The number of nitrogen functional groups attached to an aromatic ring is 1. The number of hydrogen-bond donors (Lipinski definition) is 3. The molecule has 2 heterocycles. The number of aromatic nitrogens is 2. The minimum absolute atomic E-state index is 0.149. The normalized spacial score (nSPS) is 19.1. The maximum Gasteiger partial charge on any atom is 0.275 e. The van der Waals surface area contributed by atoms with E-state index in [1.807, 2.05) is 0 Å². The SMILES string of the molecule is CC1C(=O)NCCN1C(=O)c1n[nH]c2ccc(N)cc12. The van der Waals surface area contributed by atoms with Crippen molar-refractivity contribution in [3.8, 4) is 0 Å². The number of fused-ring (bicyclic) bond motifs is 1. The monoisotopic (exact) mass is 273 g/mol. The zero-order valence-corrected chi connectivity index (χ0v) is 11.0. The average Bonchev–Trinajstić information content (AvgIpc) is 2.84. The van der Waals surface area contributed by atoms with Crippen molar-refractivity contribution >= 4 is 28.4 Å². The summed E-state index contributed by atoms with van der Waals surface area (Å²) in [6.45, 7) is 2.64. The second-order valence-electron chi connectivity index (χ2n) is 4.84. The minimum Gasteiger partial charge on any atom is -0.399 e. The summed E-state index contributed by atoms with van der Waals surface area (Å²) < 4.78 is 0. The largest absolute Gasteiger partial charge is 0.399 e. The Morgan fingerprint density at radius 1 is 1.50 bits per heavy atom. The Morgan fingerprint density at radius 3 is 3.10 bits per heavy atom. The van der Waals surface area contributed by atoms with E-state index in [0.717, 1.165) is 5.52 Å². The van der Waals surface area contributed by atoms with Crippen LogP contribution in [0.5, 0.6) is 0 Å². The van der Waals surface area contributed by atoms with Crippen LogP contribution in [0.1, 0.15) is 17.4 Å². The first kappa shape index (κ1) is 12.5. The molecule has 104 valence electrons. The third kappa shape index (κ3) is 1.87. The predicted octanol–water partition coefficient (Wildman–Crippen LogP) is 0.106. The van der Waals surface area contributed by atoms with Crippen molar-refractivity contribution in [2.24, 2.45) is 0 Å². The van der Waals surface area contributed by atoms with E-state index in [9.17, 15) is 9.59 Å². The third-order valence-corrected chi connectivity index (χ3v) is 3.55. The van der Waals surface area contributed by atoms with Gasteiger partial charge in [0.1, 0.15) is 6.04 Å². The van der Waals surface area contributed by atoms with Crippen LogP contribution in [0.3, 0.4) is 0 Å². The van der Waals surface area contributed by atoms with Crippen LogP contribution >= 0.6 is 0 Å². The standard InChI is InChI=1S/C13H15N5O2/c1-7-12(19)15-4-5-18(7)13(20)11-9-6-8(14)2-3-10(9)16-17-11/h2-3,6-7H,4-5,14H2,1H3,(H,15,19)(H,16,17). The molecule has 1 aromatic carbocycles. The first-order valence-electron chi connectivity index (χ1n) is 6.40. The lowest BCUT2D eigenvalue weighted by molar-refractivity contribution is -0.127. The minimum atomic E-state index is -0.496. The van der Waals surface area contributed by atoms with Crippen molar-refractivity contribution in [2.45, 2.75) is 13.0 Å².